The molecule has 176 valence electrons. The molecule has 0 aromatic heterocycles. The number of hydrogen-bond donors (Lipinski definition) is 2. The van der Waals surface area contributed by atoms with Gasteiger partial charge in [-0.3, -0.25) is 14.6 Å². The number of carbonyl (C=O) groups excluding carboxylic acids is 2. The molecule has 1 saturated heterocycles. The summed E-state index contributed by atoms with van der Waals surface area (Å²) in [6.07, 6.45) is 6.18. The van der Waals surface area contributed by atoms with Gasteiger partial charge in [-0.2, -0.15) is 11.8 Å². The summed E-state index contributed by atoms with van der Waals surface area (Å²) in [5, 5.41) is 6.58. The molecule has 0 atom stereocenters. The minimum absolute atomic E-state index is 0. The molecule has 1 fully saturated rings. The molecular weight excluding hydrogens is 513 g/mol. The Bertz CT molecular complexity index is 512. The topological polar surface area (TPSA) is 77.0 Å². The first-order valence-corrected chi connectivity index (χ1v) is 12.4. The van der Waals surface area contributed by atoms with Crippen LogP contribution in [0.15, 0.2) is 4.99 Å². The number of unbranched alkanes of at least 4 members (excludes halogenated alkanes) is 2. The van der Waals surface area contributed by atoms with Crippen LogP contribution in [0.4, 0.5) is 0 Å². The Morgan fingerprint density at radius 2 is 1.63 bits per heavy atom. The van der Waals surface area contributed by atoms with Crippen LogP contribution in [0.3, 0.4) is 0 Å². The van der Waals surface area contributed by atoms with Crippen LogP contribution in [0.5, 0.6) is 0 Å². The first-order chi connectivity index (χ1) is 14.0. The molecule has 0 unspecified atom stereocenters. The zero-order valence-electron chi connectivity index (χ0n) is 19.2. The molecule has 2 N–H and O–H groups in total. The Labute approximate surface area is 204 Å². The number of nitrogens with one attached hydrogen (secondary N) is 2. The van der Waals surface area contributed by atoms with Crippen molar-refractivity contribution < 1.29 is 9.59 Å². The molecule has 1 aliphatic rings. The number of rotatable bonds is 12. The Morgan fingerprint density at radius 1 is 1.00 bits per heavy atom. The van der Waals surface area contributed by atoms with Gasteiger partial charge in [-0.15, -0.1) is 24.0 Å². The van der Waals surface area contributed by atoms with Gasteiger partial charge in [-0.1, -0.05) is 20.3 Å². The molecule has 1 rings (SSSR count). The van der Waals surface area contributed by atoms with Crippen LogP contribution >= 0.6 is 35.7 Å². The van der Waals surface area contributed by atoms with Crippen LogP contribution in [0.2, 0.25) is 0 Å². The Morgan fingerprint density at radius 3 is 2.20 bits per heavy atom. The molecule has 30 heavy (non-hydrogen) atoms. The largest absolute Gasteiger partial charge is 0.357 e. The van der Waals surface area contributed by atoms with Crippen molar-refractivity contribution in [1.29, 1.82) is 0 Å². The van der Waals surface area contributed by atoms with E-state index in [-0.39, 0.29) is 35.8 Å². The van der Waals surface area contributed by atoms with Crippen LogP contribution in [0, 0.1) is 5.92 Å². The van der Waals surface area contributed by atoms with Gasteiger partial charge in [0.1, 0.15) is 0 Å². The molecular formula is C21H42IN5O2S. The Kier molecular flexibility index (Phi) is 17.5. The standard InChI is InChI=1S/C21H41N5O2S.HI/c1-5-22-21(24-11-16-29-4)23-10-8-6-7-9-19(27)25-12-14-26(15-13-25)20(28)17-18(2)3;/h18H,5-17H2,1-4H3,(H2,22,23,24);1H. The van der Waals surface area contributed by atoms with Gasteiger partial charge in [0.05, 0.1) is 0 Å². The Balaban J connectivity index is 0.00000841. The van der Waals surface area contributed by atoms with Crippen LogP contribution in [0.25, 0.3) is 0 Å². The summed E-state index contributed by atoms with van der Waals surface area (Å²) < 4.78 is 0. The van der Waals surface area contributed by atoms with E-state index in [1.807, 2.05) is 21.6 Å². The lowest BCUT2D eigenvalue weighted by atomic mass is 10.1. The third kappa shape index (κ3) is 12.9. The normalized spacial score (nSPS) is 14.5. The third-order valence-electron chi connectivity index (χ3n) is 4.83. The summed E-state index contributed by atoms with van der Waals surface area (Å²) in [6.45, 7) is 11.4. The van der Waals surface area contributed by atoms with Crippen LogP contribution in [-0.2, 0) is 9.59 Å². The van der Waals surface area contributed by atoms with Crippen molar-refractivity contribution in [3.8, 4) is 0 Å². The smallest absolute Gasteiger partial charge is 0.222 e. The maximum Gasteiger partial charge on any atom is 0.222 e. The summed E-state index contributed by atoms with van der Waals surface area (Å²) in [5.74, 6) is 2.75. The summed E-state index contributed by atoms with van der Waals surface area (Å²) in [5.41, 5.74) is 0. The number of aliphatic imine (C=N–C) groups is 1. The fraction of sp³-hybridized carbons (Fsp3) is 0.857. The predicted octanol–water partition coefficient (Wildman–Crippen LogP) is 2.80. The van der Waals surface area contributed by atoms with Gasteiger partial charge in [0.25, 0.3) is 0 Å². The SMILES string of the molecule is CCNC(=NCCCCCC(=O)N1CCN(C(=O)CC(C)C)CC1)NCCSC.I. The van der Waals surface area contributed by atoms with Crippen molar-refractivity contribution in [1.82, 2.24) is 20.4 Å². The van der Waals surface area contributed by atoms with E-state index in [0.29, 0.717) is 44.9 Å². The van der Waals surface area contributed by atoms with Crippen LogP contribution in [0.1, 0.15) is 52.9 Å². The van der Waals surface area contributed by atoms with Crippen molar-refractivity contribution >= 4 is 53.5 Å². The third-order valence-corrected chi connectivity index (χ3v) is 5.44. The molecule has 0 aromatic rings. The molecule has 1 heterocycles. The molecule has 1 aliphatic heterocycles. The second-order valence-electron chi connectivity index (χ2n) is 7.85. The number of nitrogens with zero attached hydrogens (tertiary/aromatic N) is 3. The van der Waals surface area contributed by atoms with Crippen LogP contribution < -0.4 is 10.6 Å². The highest BCUT2D eigenvalue weighted by molar-refractivity contribution is 14.0. The van der Waals surface area contributed by atoms with E-state index in [1.54, 1.807) is 0 Å². The van der Waals surface area contributed by atoms with E-state index in [2.05, 4.69) is 42.7 Å². The van der Waals surface area contributed by atoms with Gasteiger partial charge >= 0.3 is 0 Å². The summed E-state index contributed by atoms with van der Waals surface area (Å²) in [6, 6.07) is 0. The number of guanidine groups is 1. The average molecular weight is 556 g/mol. The van der Waals surface area contributed by atoms with Crippen LogP contribution in [-0.4, -0.2) is 85.4 Å². The molecule has 0 spiro atoms. The lowest BCUT2D eigenvalue weighted by molar-refractivity contribution is -0.140. The van der Waals surface area contributed by atoms with Gasteiger partial charge < -0.3 is 20.4 Å². The summed E-state index contributed by atoms with van der Waals surface area (Å²) >= 11 is 1.81. The number of halogens is 1. The number of hydrogen-bond acceptors (Lipinski definition) is 4. The van der Waals surface area contributed by atoms with E-state index in [1.165, 1.54) is 0 Å². The number of amides is 2. The molecule has 0 saturated carbocycles. The second-order valence-corrected chi connectivity index (χ2v) is 8.84. The first-order valence-electron chi connectivity index (χ1n) is 11.0. The maximum atomic E-state index is 12.4. The van der Waals surface area contributed by atoms with E-state index in [0.717, 1.165) is 50.6 Å². The molecule has 2 amide bonds. The van der Waals surface area contributed by atoms with Crippen molar-refractivity contribution in [2.24, 2.45) is 10.9 Å². The minimum atomic E-state index is 0. The molecule has 0 aromatic carbocycles. The zero-order valence-corrected chi connectivity index (χ0v) is 22.4. The highest BCUT2D eigenvalue weighted by Crippen LogP contribution is 2.10. The van der Waals surface area contributed by atoms with Gasteiger partial charge in [0.2, 0.25) is 11.8 Å². The predicted molar refractivity (Wildman–Crippen MR) is 139 cm³/mol. The van der Waals surface area contributed by atoms with E-state index < -0.39 is 0 Å². The van der Waals surface area contributed by atoms with Crippen molar-refractivity contribution in [3.63, 3.8) is 0 Å². The fourth-order valence-corrected chi connectivity index (χ4v) is 3.52. The maximum absolute atomic E-state index is 12.4. The lowest BCUT2D eigenvalue weighted by Gasteiger charge is -2.35. The van der Waals surface area contributed by atoms with Gasteiger partial charge in [0.15, 0.2) is 5.96 Å². The quantitative estimate of drug-likeness (QED) is 0.168. The van der Waals surface area contributed by atoms with Gasteiger partial charge in [-0.05, 0) is 31.9 Å². The molecule has 7 nitrogen and oxygen atoms in total. The van der Waals surface area contributed by atoms with E-state index in [4.69, 9.17) is 0 Å². The number of carbonyl (C=O) groups is 2. The highest BCUT2D eigenvalue weighted by Gasteiger charge is 2.23. The average Bonchev–Trinajstić information content (AvgIpc) is 2.70. The highest BCUT2D eigenvalue weighted by atomic mass is 127. The van der Waals surface area contributed by atoms with E-state index in [9.17, 15) is 9.59 Å². The van der Waals surface area contributed by atoms with E-state index >= 15 is 0 Å². The molecule has 0 aliphatic carbocycles. The molecule has 9 heteroatoms. The van der Waals surface area contributed by atoms with Gasteiger partial charge in [-0.25, -0.2) is 0 Å². The minimum Gasteiger partial charge on any atom is -0.357 e. The molecule has 0 radical (unpaired) electrons. The fourth-order valence-electron chi connectivity index (χ4n) is 3.21. The number of thioether (sulfide) groups is 1. The van der Waals surface area contributed by atoms with Gasteiger partial charge in [0, 0.05) is 64.4 Å². The second kappa shape index (κ2) is 17.9. The lowest BCUT2D eigenvalue weighted by Crippen LogP contribution is -2.50. The number of piperazine rings is 1. The molecule has 0 bridgehead atoms. The monoisotopic (exact) mass is 555 g/mol. The summed E-state index contributed by atoms with van der Waals surface area (Å²) in [4.78, 5) is 32.9. The zero-order chi connectivity index (χ0) is 21.5. The Hall–Kier alpha value is -0.710. The van der Waals surface area contributed by atoms with Crippen molar-refractivity contribution in [2.75, 3.05) is 57.8 Å². The summed E-state index contributed by atoms with van der Waals surface area (Å²) in [7, 11) is 0. The first kappa shape index (κ1) is 29.3. The van der Waals surface area contributed by atoms with Crippen molar-refractivity contribution in [2.45, 2.75) is 52.9 Å². The van der Waals surface area contributed by atoms with Crippen molar-refractivity contribution in [3.05, 3.63) is 0 Å².